The summed E-state index contributed by atoms with van der Waals surface area (Å²) < 4.78 is 50.6. The molecule has 3 atom stereocenters. The lowest BCUT2D eigenvalue weighted by molar-refractivity contribution is -0.182. The Kier molecular flexibility index (Phi) is 4.58. The predicted molar refractivity (Wildman–Crippen MR) is 42.7 cm³/mol. The van der Waals surface area contributed by atoms with Crippen molar-refractivity contribution in [1.29, 1.82) is 0 Å². The molecule has 86 valence electrons. The first-order valence-corrected chi connectivity index (χ1v) is 5.51. The Morgan fingerprint density at radius 2 is 1.93 bits per heavy atom. The second-order valence-corrected chi connectivity index (χ2v) is 4.63. The van der Waals surface area contributed by atoms with Crippen molar-refractivity contribution in [2.75, 3.05) is 0 Å². The lowest BCUT2D eigenvalue weighted by Crippen LogP contribution is -2.30. The molecule has 0 saturated carbocycles. The standard InChI is InChI=1S/C6H12F3O4P/c1-3-4(2)13-14(11,12)5(10)6(7,8)9/h4-5,10H,3H2,1-2H3,(H,11,12). The second-order valence-electron chi connectivity index (χ2n) is 2.80. The third-order valence-electron chi connectivity index (χ3n) is 1.51. The van der Waals surface area contributed by atoms with E-state index in [4.69, 9.17) is 10.00 Å². The van der Waals surface area contributed by atoms with Crippen LogP contribution in [0.1, 0.15) is 20.3 Å². The molecular formula is C6H12F3O4P. The number of aliphatic hydroxyl groups is 1. The van der Waals surface area contributed by atoms with E-state index in [2.05, 4.69) is 4.52 Å². The molecule has 0 aliphatic heterocycles. The highest BCUT2D eigenvalue weighted by atomic mass is 31.2. The molecule has 0 bridgehead atoms. The molecule has 0 radical (unpaired) electrons. The maximum Gasteiger partial charge on any atom is 0.426 e. The topological polar surface area (TPSA) is 66.8 Å². The van der Waals surface area contributed by atoms with Gasteiger partial charge in [-0.25, -0.2) is 0 Å². The molecule has 0 aromatic rings. The van der Waals surface area contributed by atoms with E-state index in [9.17, 15) is 17.7 Å². The van der Waals surface area contributed by atoms with Gasteiger partial charge in [0.25, 0.3) is 5.85 Å². The van der Waals surface area contributed by atoms with Crippen molar-refractivity contribution in [1.82, 2.24) is 0 Å². The Balaban J connectivity index is 4.55. The summed E-state index contributed by atoms with van der Waals surface area (Å²) in [6.07, 6.45) is -5.70. The van der Waals surface area contributed by atoms with Gasteiger partial charge in [-0.15, -0.1) is 0 Å². The third-order valence-corrected chi connectivity index (χ3v) is 3.08. The van der Waals surface area contributed by atoms with Crippen LogP contribution in [0.3, 0.4) is 0 Å². The quantitative estimate of drug-likeness (QED) is 0.731. The van der Waals surface area contributed by atoms with Crippen molar-refractivity contribution in [3.05, 3.63) is 0 Å². The highest BCUT2D eigenvalue weighted by Gasteiger charge is 2.51. The molecule has 0 aliphatic rings. The van der Waals surface area contributed by atoms with Gasteiger partial charge in [0.1, 0.15) is 0 Å². The van der Waals surface area contributed by atoms with Crippen LogP contribution in [0.15, 0.2) is 0 Å². The smallest absolute Gasteiger partial charge is 0.373 e. The molecular weight excluding hydrogens is 224 g/mol. The normalized spacial score (nSPS) is 21.4. The van der Waals surface area contributed by atoms with E-state index in [0.717, 1.165) is 0 Å². The molecule has 0 spiro atoms. The molecule has 0 aliphatic carbocycles. The zero-order chi connectivity index (χ0) is 11.6. The molecule has 0 rings (SSSR count). The Labute approximate surface area is 79.2 Å². The van der Waals surface area contributed by atoms with E-state index in [-0.39, 0.29) is 6.42 Å². The van der Waals surface area contributed by atoms with E-state index in [1.807, 2.05) is 0 Å². The number of halogens is 3. The van der Waals surface area contributed by atoms with Gasteiger partial charge < -0.3 is 14.5 Å². The lowest BCUT2D eigenvalue weighted by Gasteiger charge is -2.22. The summed E-state index contributed by atoms with van der Waals surface area (Å²) in [5.41, 5.74) is 0. The van der Waals surface area contributed by atoms with Crippen LogP contribution in [0.4, 0.5) is 13.2 Å². The van der Waals surface area contributed by atoms with Gasteiger partial charge in [0, 0.05) is 0 Å². The fourth-order valence-electron chi connectivity index (χ4n) is 0.575. The second kappa shape index (κ2) is 4.61. The number of hydrogen-bond acceptors (Lipinski definition) is 3. The summed E-state index contributed by atoms with van der Waals surface area (Å²) in [5.74, 6) is -3.34. The van der Waals surface area contributed by atoms with Gasteiger partial charge in [0.2, 0.25) is 0 Å². The Morgan fingerprint density at radius 1 is 1.50 bits per heavy atom. The summed E-state index contributed by atoms with van der Waals surface area (Å²) in [6.45, 7) is 2.91. The molecule has 8 heteroatoms. The summed E-state index contributed by atoms with van der Waals surface area (Å²) in [7, 11) is -5.05. The molecule has 0 amide bonds. The summed E-state index contributed by atoms with van der Waals surface area (Å²) in [5, 5.41) is 8.49. The van der Waals surface area contributed by atoms with E-state index in [0.29, 0.717) is 0 Å². The molecule has 0 aromatic carbocycles. The minimum absolute atomic E-state index is 0.273. The highest BCUT2D eigenvalue weighted by molar-refractivity contribution is 7.53. The fourth-order valence-corrected chi connectivity index (χ4v) is 1.72. The Bertz CT molecular complexity index is 230. The van der Waals surface area contributed by atoms with Crippen molar-refractivity contribution in [3.8, 4) is 0 Å². The van der Waals surface area contributed by atoms with Gasteiger partial charge in [0.15, 0.2) is 0 Å². The zero-order valence-electron chi connectivity index (χ0n) is 7.65. The average Bonchev–Trinajstić information content (AvgIpc) is 2.00. The highest BCUT2D eigenvalue weighted by Crippen LogP contribution is 2.53. The average molecular weight is 236 g/mol. The minimum Gasteiger partial charge on any atom is -0.373 e. The monoisotopic (exact) mass is 236 g/mol. The minimum atomic E-state index is -5.16. The van der Waals surface area contributed by atoms with Crippen LogP contribution >= 0.6 is 7.60 Å². The van der Waals surface area contributed by atoms with E-state index in [1.165, 1.54) is 6.92 Å². The molecule has 0 aromatic heterocycles. The first-order chi connectivity index (χ1) is 6.11. The molecule has 3 unspecified atom stereocenters. The molecule has 0 heterocycles. The molecule has 2 N–H and O–H groups in total. The van der Waals surface area contributed by atoms with Gasteiger partial charge in [-0.05, 0) is 13.3 Å². The van der Waals surface area contributed by atoms with Crippen LogP contribution in [0.5, 0.6) is 0 Å². The van der Waals surface area contributed by atoms with Crippen LogP contribution in [-0.2, 0) is 9.09 Å². The van der Waals surface area contributed by atoms with Gasteiger partial charge in [0.05, 0.1) is 6.10 Å². The van der Waals surface area contributed by atoms with Gasteiger partial charge in [-0.3, -0.25) is 4.57 Å². The summed E-state index contributed by atoms with van der Waals surface area (Å²) >= 11 is 0. The zero-order valence-corrected chi connectivity index (χ0v) is 8.55. The third kappa shape index (κ3) is 3.96. The lowest BCUT2D eigenvalue weighted by atomic mass is 10.3. The summed E-state index contributed by atoms with van der Waals surface area (Å²) in [6, 6.07) is 0. The van der Waals surface area contributed by atoms with E-state index < -0.39 is 25.7 Å². The van der Waals surface area contributed by atoms with Crippen LogP contribution in [0, 0.1) is 0 Å². The largest absolute Gasteiger partial charge is 0.426 e. The first-order valence-electron chi connectivity index (χ1n) is 3.87. The van der Waals surface area contributed by atoms with Crippen molar-refractivity contribution in [2.24, 2.45) is 0 Å². The van der Waals surface area contributed by atoms with Gasteiger partial charge >= 0.3 is 13.8 Å². The Morgan fingerprint density at radius 3 is 2.21 bits per heavy atom. The molecule has 4 nitrogen and oxygen atoms in total. The van der Waals surface area contributed by atoms with Crippen molar-refractivity contribution >= 4 is 7.60 Å². The van der Waals surface area contributed by atoms with Crippen LogP contribution < -0.4 is 0 Å². The summed E-state index contributed by atoms with van der Waals surface area (Å²) in [4.78, 5) is 8.78. The van der Waals surface area contributed by atoms with E-state index in [1.54, 1.807) is 6.92 Å². The van der Waals surface area contributed by atoms with Gasteiger partial charge in [-0.2, -0.15) is 13.2 Å². The first kappa shape index (κ1) is 13.9. The number of hydrogen-bond donors (Lipinski definition) is 2. The fraction of sp³-hybridized carbons (Fsp3) is 1.00. The molecule has 0 fully saturated rings. The number of aliphatic hydroxyl groups excluding tert-OH is 1. The molecule has 0 saturated heterocycles. The van der Waals surface area contributed by atoms with Crippen LogP contribution in [0.2, 0.25) is 0 Å². The van der Waals surface area contributed by atoms with Gasteiger partial charge in [-0.1, -0.05) is 6.92 Å². The number of alkyl halides is 3. The van der Waals surface area contributed by atoms with Crippen LogP contribution in [-0.4, -0.2) is 28.1 Å². The maximum absolute atomic E-state index is 11.8. The molecule has 14 heavy (non-hydrogen) atoms. The number of rotatable bonds is 4. The maximum atomic E-state index is 11.8. The Hall–Kier alpha value is -0.100. The van der Waals surface area contributed by atoms with Crippen LogP contribution in [0.25, 0.3) is 0 Å². The van der Waals surface area contributed by atoms with Crippen molar-refractivity contribution in [2.45, 2.75) is 38.4 Å². The van der Waals surface area contributed by atoms with E-state index >= 15 is 0 Å². The van der Waals surface area contributed by atoms with Crippen molar-refractivity contribution in [3.63, 3.8) is 0 Å². The SMILES string of the molecule is CCC(C)OP(=O)(O)C(O)C(F)(F)F. The predicted octanol–water partition coefficient (Wildman–Crippen LogP) is 1.87. The van der Waals surface area contributed by atoms with Crippen molar-refractivity contribution < 1.29 is 32.3 Å².